The van der Waals surface area contributed by atoms with E-state index >= 15 is 4.39 Å². The number of nitrogens with zero attached hydrogens (tertiary/aromatic N) is 2. The normalized spacial score (nSPS) is 15.8. The minimum Gasteiger partial charge on any atom is -0.490 e. The number of anilines is 2. The fourth-order valence-electron chi connectivity index (χ4n) is 5.25. The number of halogens is 3. The third-order valence-electron chi connectivity index (χ3n) is 7.62. The van der Waals surface area contributed by atoms with Gasteiger partial charge in [-0.05, 0) is 89.3 Å². The molecule has 1 atom stereocenters. The highest BCUT2D eigenvalue weighted by atomic mass is 79.9. The van der Waals surface area contributed by atoms with Crippen LogP contribution in [0.5, 0.6) is 5.75 Å². The Kier molecular flexibility index (Phi) is 10.5. The Morgan fingerprint density at radius 1 is 1.13 bits per heavy atom. The molecule has 0 radical (unpaired) electrons. The third kappa shape index (κ3) is 7.86. The highest BCUT2D eigenvalue weighted by Crippen LogP contribution is 2.42. The average molecular weight is 700 g/mol. The van der Waals surface area contributed by atoms with Crippen molar-refractivity contribution in [3.05, 3.63) is 100 Å². The Bertz CT molecular complexity index is 1850. The molecule has 1 aliphatic heterocycles. The van der Waals surface area contributed by atoms with E-state index in [2.05, 4.69) is 36.5 Å². The van der Waals surface area contributed by atoms with Crippen LogP contribution >= 0.6 is 15.9 Å². The molecule has 2 N–H and O–H groups in total. The summed E-state index contributed by atoms with van der Waals surface area (Å²) >= 11 is 3.55. The van der Waals surface area contributed by atoms with Gasteiger partial charge in [0.2, 0.25) is 10.3 Å². The van der Waals surface area contributed by atoms with E-state index < -0.39 is 21.7 Å². The summed E-state index contributed by atoms with van der Waals surface area (Å²) in [6, 6.07) is 14.8. The van der Waals surface area contributed by atoms with Crippen LogP contribution in [-0.4, -0.2) is 36.3 Å². The van der Waals surface area contributed by atoms with Crippen molar-refractivity contribution in [3.63, 3.8) is 0 Å². The second-order valence-corrected chi connectivity index (χ2v) is 12.9. The number of nitrogens with one attached hydrogen (secondary N) is 2. The van der Waals surface area contributed by atoms with Gasteiger partial charge < -0.3 is 20.1 Å². The van der Waals surface area contributed by atoms with Gasteiger partial charge in [-0.15, -0.1) is 0 Å². The largest absolute Gasteiger partial charge is 0.490 e. The van der Waals surface area contributed by atoms with Crippen LogP contribution in [0.15, 0.2) is 77.7 Å². The van der Waals surface area contributed by atoms with Gasteiger partial charge >= 0.3 is 0 Å². The second-order valence-electron chi connectivity index (χ2n) is 11.1. The molecule has 0 amide bonds. The SMILES string of the molecule is CC(C)C(CNCCCC1(c2cc3c(Nc4ccc(OCc5cccc(F)c5)c(Br)c4)ncnc3cc2F)CC=CO1)=S(=O)=O. The molecule has 8 nitrogen and oxygen atoms in total. The molecule has 0 aliphatic carbocycles. The van der Waals surface area contributed by atoms with Crippen LogP contribution in [0.1, 0.15) is 44.2 Å². The maximum Gasteiger partial charge on any atom is 0.214 e. The second kappa shape index (κ2) is 14.5. The summed E-state index contributed by atoms with van der Waals surface area (Å²) in [5, 5.41) is 7.12. The minimum atomic E-state index is -2.24. The van der Waals surface area contributed by atoms with Crippen LogP contribution in [0, 0.1) is 17.6 Å². The van der Waals surface area contributed by atoms with E-state index in [0.29, 0.717) is 74.4 Å². The van der Waals surface area contributed by atoms with Crippen LogP contribution in [0.25, 0.3) is 10.9 Å². The molecule has 0 saturated carbocycles. The topological polar surface area (TPSA) is 102 Å². The lowest BCUT2D eigenvalue weighted by molar-refractivity contribution is 0.0273. The number of benzene rings is 3. The highest BCUT2D eigenvalue weighted by molar-refractivity contribution is 9.10. The zero-order valence-corrected chi connectivity index (χ0v) is 27.2. The Morgan fingerprint density at radius 3 is 2.69 bits per heavy atom. The zero-order valence-electron chi connectivity index (χ0n) is 24.8. The molecule has 236 valence electrons. The summed E-state index contributed by atoms with van der Waals surface area (Å²) in [5.41, 5.74) is 1.35. The number of fused-ring (bicyclic) bond motifs is 1. The molecular weight excluding hydrogens is 666 g/mol. The van der Waals surface area contributed by atoms with Crippen molar-refractivity contribution >= 4 is 53.5 Å². The quantitative estimate of drug-likeness (QED) is 0.112. The number of hydrogen-bond donors (Lipinski definition) is 2. The molecule has 3 aromatic carbocycles. The van der Waals surface area contributed by atoms with Crippen molar-refractivity contribution in [2.45, 2.75) is 45.3 Å². The fraction of sp³-hybridized carbons (Fsp3) is 0.303. The van der Waals surface area contributed by atoms with Crippen LogP contribution < -0.4 is 15.4 Å². The highest BCUT2D eigenvalue weighted by Gasteiger charge is 2.38. The Hall–Kier alpha value is -3.87. The summed E-state index contributed by atoms with van der Waals surface area (Å²) in [6.45, 7) is 4.71. The molecule has 0 fully saturated rings. The molecule has 0 spiro atoms. The molecule has 45 heavy (non-hydrogen) atoms. The lowest BCUT2D eigenvalue weighted by atomic mass is 9.85. The monoisotopic (exact) mass is 698 g/mol. The van der Waals surface area contributed by atoms with Crippen molar-refractivity contribution in [1.29, 1.82) is 0 Å². The van der Waals surface area contributed by atoms with Crippen LogP contribution in [0.3, 0.4) is 0 Å². The van der Waals surface area contributed by atoms with Gasteiger partial charge in [-0.1, -0.05) is 26.0 Å². The zero-order chi connectivity index (χ0) is 32.0. The molecule has 12 heteroatoms. The molecule has 2 heterocycles. The molecular formula is C33H33BrF2N4O4S. The van der Waals surface area contributed by atoms with Gasteiger partial charge in [0, 0.05) is 35.7 Å². The maximum atomic E-state index is 15.6. The molecule has 1 aliphatic rings. The predicted molar refractivity (Wildman–Crippen MR) is 175 cm³/mol. The lowest BCUT2D eigenvalue weighted by Crippen LogP contribution is -2.31. The van der Waals surface area contributed by atoms with Crippen molar-refractivity contribution in [2.75, 3.05) is 18.4 Å². The van der Waals surface area contributed by atoms with Crippen LogP contribution in [0.4, 0.5) is 20.3 Å². The van der Waals surface area contributed by atoms with E-state index in [9.17, 15) is 12.8 Å². The van der Waals surface area contributed by atoms with E-state index in [1.807, 2.05) is 32.1 Å². The number of rotatable bonds is 13. The Labute approximate surface area is 270 Å². The summed E-state index contributed by atoms with van der Waals surface area (Å²) in [5.74, 6) is 0.249. The first-order chi connectivity index (χ1) is 21.6. The summed E-state index contributed by atoms with van der Waals surface area (Å²) in [4.78, 5) is 9.15. The fourth-order valence-corrected chi connectivity index (χ4v) is 6.34. The van der Waals surface area contributed by atoms with E-state index in [0.717, 1.165) is 0 Å². The first kappa shape index (κ1) is 32.5. The standard InChI is InChI=1S/C33H33BrF2N4O4S/c1-21(2)31(45(41)42)18-37-12-4-10-33(11-5-13-44-33)26-16-25-29(17-28(26)36)38-20-39-32(25)40-24-8-9-30(27(34)15-24)43-19-22-6-3-7-23(35)14-22/h3,5-9,13-17,20-21,37H,4,10-12,18-19H2,1-2H3,(H,38,39,40). The van der Waals surface area contributed by atoms with Crippen LogP contribution in [0.2, 0.25) is 0 Å². The number of ether oxygens (including phenoxy) is 2. The lowest BCUT2D eigenvalue weighted by Gasteiger charge is -2.30. The van der Waals surface area contributed by atoms with Crippen molar-refractivity contribution in [2.24, 2.45) is 5.92 Å². The number of hydrogen-bond acceptors (Lipinski definition) is 8. The van der Waals surface area contributed by atoms with Gasteiger partial charge in [-0.2, -0.15) is 8.42 Å². The first-order valence-electron chi connectivity index (χ1n) is 14.5. The Morgan fingerprint density at radius 2 is 1.98 bits per heavy atom. The molecule has 1 unspecified atom stereocenters. The van der Waals surface area contributed by atoms with Crippen molar-refractivity contribution in [1.82, 2.24) is 15.3 Å². The molecule has 0 bridgehead atoms. The molecule has 0 saturated heterocycles. The van der Waals surface area contributed by atoms with Gasteiger partial charge in [0.05, 0.1) is 21.1 Å². The van der Waals surface area contributed by atoms with Gasteiger partial charge in [0.15, 0.2) is 0 Å². The predicted octanol–water partition coefficient (Wildman–Crippen LogP) is 7.20. The van der Waals surface area contributed by atoms with Crippen LogP contribution in [-0.2, 0) is 27.2 Å². The molecule has 5 rings (SSSR count). The maximum absolute atomic E-state index is 15.6. The first-order valence-corrected chi connectivity index (χ1v) is 16.4. The Balaban J connectivity index is 1.33. The van der Waals surface area contributed by atoms with Gasteiger partial charge in [-0.3, -0.25) is 0 Å². The third-order valence-corrected chi connectivity index (χ3v) is 9.29. The number of aromatic nitrogens is 2. The van der Waals surface area contributed by atoms with E-state index in [1.54, 1.807) is 30.5 Å². The van der Waals surface area contributed by atoms with Gasteiger partial charge in [0.1, 0.15) is 41.7 Å². The van der Waals surface area contributed by atoms with E-state index in [4.69, 9.17) is 9.47 Å². The van der Waals surface area contributed by atoms with E-state index in [-0.39, 0.29) is 24.9 Å². The summed E-state index contributed by atoms with van der Waals surface area (Å²) in [7, 11) is -2.24. The molecule has 4 aromatic rings. The smallest absolute Gasteiger partial charge is 0.214 e. The van der Waals surface area contributed by atoms with Gasteiger partial charge in [-0.25, -0.2) is 18.7 Å². The molecule has 1 aromatic heterocycles. The summed E-state index contributed by atoms with van der Waals surface area (Å²) < 4.78 is 64.7. The van der Waals surface area contributed by atoms with Crippen molar-refractivity contribution < 1.29 is 26.7 Å². The van der Waals surface area contributed by atoms with E-state index in [1.165, 1.54) is 24.5 Å². The van der Waals surface area contributed by atoms with Gasteiger partial charge in [0.25, 0.3) is 0 Å². The average Bonchev–Trinajstić information content (AvgIpc) is 3.47. The summed E-state index contributed by atoms with van der Waals surface area (Å²) in [6.07, 6.45) is 6.48. The minimum absolute atomic E-state index is 0.0829. The van der Waals surface area contributed by atoms with Crippen molar-refractivity contribution in [3.8, 4) is 5.75 Å².